The molecule has 0 bridgehead atoms. The lowest BCUT2D eigenvalue weighted by Gasteiger charge is -2.15. The molecule has 0 radical (unpaired) electrons. The zero-order valence-corrected chi connectivity index (χ0v) is 16.3. The van der Waals surface area contributed by atoms with Gasteiger partial charge in [0.2, 0.25) is 0 Å². The summed E-state index contributed by atoms with van der Waals surface area (Å²) in [7, 11) is 0. The predicted molar refractivity (Wildman–Crippen MR) is 108 cm³/mol. The number of halogens is 1. The summed E-state index contributed by atoms with van der Waals surface area (Å²) in [4.78, 5) is 25.7. The van der Waals surface area contributed by atoms with E-state index in [1.807, 2.05) is 32.0 Å². The fraction of sp³-hybridized carbons (Fsp3) is 0.333. The molecule has 1 aliphatic heterocycles. The number of β-amino-alcohol motifs (C(OH)–C–C–N with tert-alkyl or cyclic N) is 1. The van der Waals surface area contributed by atoms with Crippen molar-refractivity contribution in [2.75, 3.05) is 19.6 Å². The molecule has 1 aliphatic rings. The number of nitrogens with one attached hydrogen (secondary N) is 2. The van der Waals surface area contributed by atoms with Crippen LogP contribution in [0.4, 0.5) is 0 Å². The maximum Gasteiger partial charge on any atom is 0.252 e. The van der Waals surface area contributed by atoms with Crippen LogP contribution < -0.4 is 10.6 Å². The Balaban J connectivity index is 0.00000261. The molecule has 3 N–H and O–H groups in total. The Morgan fingerprint density at radius 3 is 2.44 bits per heavy atom. The Labute approximate surface area is 165 Å². The van der Waals surface area contributed by atoms with Gasteiger partial charge in [-0.2, -0.15) is 0 Å². The van der Waals surface area contributed by atoms with Crippen LogP contribution in [0.1, 0.15) is 37.4 Å². The summed E-state index contributed by atoms with van der Waals surface area (Å²) in [6.45, 7) is 5.42. The molecular weight excluding hydrogens is 364 g/mol. The van der Waals surface area contributed by atoms with Crippen LogP contribution in [0, 0.1) is 19.8 Å². The van der Waals surface area contributed by atoms with Gasteiger partial charge in [-0.1, -0.05) is 35.9 Å². The van der Waals surface area contributed by atoms with Gasteiger partial charge in [0.1, 0.15) is 0 Å². The first-order chi connectivity index (χ1) is 12.5. The van der Waals surface area contributed by atoms with Gasteiger partial charge >= 0.3 is 0 Å². The van der Waals surface area contributed by atoms with E-state index in [4.69, 9.17) is 0 Å². The van der Waals surface area contributed by atoms with E-state index in [1.54, 1.807) is 24.3 Å². The van der Waals surface area contributed by atoms with Gasteiger partial charge in [-0.25, -0.2) is 0 Å². The molecule has 1 heterocycles. The van der Waals surface area contributed by atoms with Gasteiger partial charge < -0.3 is 15.7 Å². The third-order valence-corrected chi connectivity index (χ3v) is 4.88. The minimum atomic E-state index is -0.456. The Morgan fingerprint density at radius 1 is 1.07 bits per heavy atom. The summed E-state index contributed by atoms with van der Waals surface area (Å²) >= 11 is 0. The third-order valence-electron chi connectivity index (χ3n) is 4.88. The smallest absolute Gasteiger partial charge is 0.252 e. The molecule has 2 atom stereocenters. The van der Waals surface area contributed by atoms with Gasteiger partial charge in [-0.3, -0.25) is 9.59 Å². The molecule has 2 aromatic carbocycles. The number of carbonyl (C=O) groups is 2. The van der Waals surface area contributed by atoms with Gasteiger partial charge in [0.05, 0.1) is 11.7 Å². The zero-order chi connectivity index (χ0) is 18.7. The lowest BCUT2D eigenvalue weighted by molar-refractivity contribution is 0.0917. The summed E-state index contributed by atoms with van der Waals surface area (Å²) in [5.41, 5.74) is 3.25. The summed E-state index contributed by atoms with van der Waals surface area (Å²) in [6.07, 6.45) is -0.456. The molecule has 27 heavy (non-hydrogen) atoms. The van der Waals surface area contributed by atoms with Gasteiger partial charge in [0.15, 0.2) is 5.78 Å². The maximum absolute atomic E-state index is 13.0. The first kappa shape index (κ1) is 21.1. The summed E-state index contributed by atoms with van der Waals surface area (Å²) in [5, 5.41) is 15.8. The van der Waals surface area contributed by atoms with Crippen molar-refractivity contribution in [2.45, 2.75) is 20.0 Å². The highest BCUT2D eigenvalue weighted by Gasteiger charge is 2.26. The van der Waals surface area contributed by atoms with Crippen LogP contribution in [0.25, 0.3) is 0 Å². The Morgan fingerprint density at radius 2 is 1.78 bits per heavy atom. The van der Waals surface area contributed by atoms with E-state index in [1.165, 1.54) is 0 Å². The van der Waals surface area contributed by atoms with Crippen LogP contribution >= 0.6 is 12.4 Å². The lowest BCUT2D eigenvalue weighted by Crippen LogP contribution is -2.35. The molecule has 0 aromatic heterocycles. The van der Waals surface area contributed by atoms with E-state index in [9.17, 15) is 14.7 Å². The average Bonchev–Trinajstić information content (AvgIpc) is 3.06. The van der Waals surface area contributed by atoms with E-state index >= 15 is 0 Å². The first-order valence-electron chi connectivity index (χ1n) is 8.85. The average molecular weight is 389 g/mol. The zero-order valence-electron chi connectivity index (χ0n) is 15.5. The van der Waals surface area contributed by atoms with E-state index < -0.39 is 6.10 Å². The van der Waals surface area contributed by atoms with Crippen molar-refractivity contribution in [3.05, 3.63) is 70.3 Å². The largest absolute Gasteiger partial charge is 0.391 e. The molecule has 1 fully saturated rings. The number of carbonyl (C=O) groups excluding carboxylic acids is 2. The van der Waals surface area contributed by atoms with Gasteiger partial charge in [-0.15, -0.1) is 12.4 Å². The molecule has 2 unspecified atom stereocenters. The van der Waals surface area contributed by atoms with Crippen LogP contribution in [-0.4, -0.2) is 42.5 Å². The van der Waals surface area contributed by atoms with Gasteiger partial charge in [0.25, 0.3) is 5.91 Å². The number of benzene rings is 2. The lowest BCUT2D eigenvalue weighted by atomic mass is 9.94. The first-order valence-corrected chi connectivity index (χ1v) is 8.85. The highest BCUT2D eigenvalue weighted by Crippen LogP contribution is 2.19. The quantitative estimate of drug-likeness (QED) is 0.686. The monoisotopic (exact) mass is 388 g/mol. The van der Waals surface area contributed by atoms with Crippen molar-refractivity contribution in [3.63, 3.8) is 0 Å². The van der Waals surface area contributed by atoms with Crippen LogP contribution in [0.15, 0.2) is 42.5 Å². The number of aryl methyl sites for hydroxylation is 2. The number of hydrogen-bond acceptors (Lipinski definition) is 4. The molecule has 6 heteroatoms. The van der Waals surface area contributed by atoms with Crippen molar-refractivity contribution in [1.82, 2.24) is 10.6 Å². The second-order valence-corrected chi connectivity index (χ2v) is 6.89. The Bertz CT molecular complexity index is 838. The van der Waals surface area contributed by atoms with Crippen LogP contribution in [0.3, 0.4) is 0 Å². The molecule has 3 rings (SSSR count). The topological polar surface area (TPSA) is 78.4 Å². The van der Waals surface area contributed by atoms with E-state index in [2.05, 4.69) is 10.6 Å². The molecule has 2 aromatic rings. The molecule has 1 amide bonds. The number of ketones is 1. The maximum atomic E-state index is 13.0. The van der Waals surface area contributed by atoms with Crippen molar-refractivity contribution in [1.29, 1.82) is 0 Å². The molecule has 0 spiro atoms. The van der Waals surface area contributed by atoms with Crippen LogP contribution in [0.5, 0.6) is 0 Å². The number of hydrogen-bond donors (Lipinski definition) is 3. The van der Waals surface area contributed by atoms with Crippen molar-refractivity contribution in [3.8, 4) is 0 Å². The number of rotatable bonds is 5. The fourth-order valence-electron chi connectivity index (χ4n) is 3.25. The van der Waals surface area contributed by atoms with E-state index in [-0.39, 0.29) is 30.0 Å². The molecule has 5 nitrogen and oxygen atoms in total. The highest BCUT2D eigenvalue weighted by atomic mass is 35.5. The molecule has 1 saturated heterocycles. The molecular formula is C21H25ClN2O3. The highest BCUT2D eigenvalue weighted by molar-refractivity contribution is 6.15. The summed E-state index contributed by atoms with van der Waals surface area (Å²) in [5.74, 6) is -0.460. The van der Waals surface area contributed by atoms with Crippen molar-refractivity contribution < 1.29 is 14.7 Å². The molecule has 144 valence electrons. The second kappa shape index (κ2) is 9.13. The number of aliphatic hydroxyl groups is 1. The second-order valence-electron chi connectivity index (χ2n) is 6.89. The van der Waals surface area contributed by atoms with Crippen molar-refractivity contribution >= 4 is 24.1 Å². The molecule has 0 saturated carbocycles. The number of aliphatic hydroxyl groups excluding tert-OH is 1. The van der Waals surface area contributed by atoms with Crippen LogP contribution in [0.2, 0.25) is 0 Å². The summed E-state index contributed by atoms with van der Waals surface area (Å²) in [6, 6.07) is 12.6. The number of amides is 1. The standard InChI is InChI=1S/C21H24N2O3.ClH/c1-13-7-8-14(2)18(9-13)20(25)16-5-3-4-6-17(16)21(26)23-11-15-10-22-12-19(15)24;/h3-9,15,19,22,24H,10-12H2,1-2H3,(H,23,26);1H. The fourth-order valence-corrected chi connectivity index (χ4v) is 3.25. The Hall–Kier alpha value is -2.21. The van der Waals surface area contributed by atoms with Gasteiger partial charge in [0, 0.05) is 36.7 Å². The summed E-state index contributed by atoms with van der Waals surface area (Å²) < 4.78 is 0. The molecule has 0 aliphatic carbocycles. The third kappa shape index (κ3) is 4.75. The minimum Gasteiger partial charge on any atom is -0.391 e. The SMILES string of the molecule is Cc1ccc(C)c(C(=O)c2ccccc2C(=O)NCC2CNCC2O)c1.Cl. The van der Waals surface area contributed by atoms with Gasteiger partial charge in [-0.05, 0) is 31.5 Å². The van der Waals surface area contributed by atoms with Crippen molar-refractivity contribution in [2.24, 2.45) is 5.92 Å². The predicted octanol–water partition coefficient (Wildman–Crippen LogP) is 2.27. The minimum absolute atomic E-state index is 0. The van der Waals surface area contributed by atoms with Crippen LogP contribution in [-0.2, 0) is 0 Å². The van der Waals surface area contributed by atoms with E-state index in [0.717, 1.165) is 11.1 Å². The normalized spacial score (nSPS) is 18.6. The van der Waals surface area contributed by atoms with E-state index in [0.29, 0.717) is 36.3 Å². The Kier molecular flexibility index (Phi) is 7.13.